The Morgan fingerprint density at radius 2 is 1.06 bits per heavy atom. The minimum absolute atomic E-state index is 0. The van der Waals surface area contributed by atoms with E-state index >= 15 is 0 Å². The van der Waals surface area contributed by atoms with Crippen LogP contribution < -0.4 is 24.8 Å². The Kier molecular flexibility index (Phi) is 16.6. The topological polar surface area (TPSA) is 0 Å². The molecule has 2 aliphatic rings. The summed E-state index contributed by atoms with van der Waals surface area (Å²) in [5.74, 6) is 0. The summed E-state index contributed by atoms with van der Waals surface area (Å²) in [4.78, 5) is 0. The van der Waals surface area contributed by atoms with Crippen LogP contribution in [0.25, 0.3) is 11.1 Å². The first kappa shape index (κ1) is 45.8. The first-order valence-electron chi connectivity index (χ1n) is 18.4. The zero-order valence-corrected chi connectivity index (χ0v) is 37.8. The number of halogens is 2. The average Bonchev–Trinajstić information content (AvgIpc) is 3.71. The van der Waals surface area contributed by atoms with Gasteiger partial charge in [-0.25, -0.2) is 12.2 Å². The summed E-state index contributed by atoms with van der Waals surface area (Å²) in [5, 5.41) is 0. The summed E-state index contributed by atoms with van der Waals surface area (Å²) >= 11 is 1.55. The molecule has 0 spiro atoms. The van der Waals surface area contributed by atoms with E-state index in [1.54, 1.807) is 27.4 Å². The van der Waals surface area contributed by atoms with E-state index in [4.69, 9.17) is 0 Å². The molecule has 0 fully saturated rings. The van der Waals surface area contributed by atoms with Gasteiger partial charge in [0.1, 0.15) is 0 Å². The molecule has 52 heavy (non-hydrogen) atoms. The summed E-state index contributed by atoms with van der Waals surface area (Å²) < 4.78 is 1.60. The molecule has 0 saturated carbocycles. The van der Waals surface area contributed by atoms with Gasteiger partial charge in [0.15, 0.2) is 0 Å². The van der Waals surface area contributed by atoms with E-state index in [9.17, 15) is 0 Å². The van der Waals surface area contributed by atoms with Crippen molar-refractivity contribution in [3.05, 3.63) is 154 Å². The van der Waals surface area contributed by atoms with Gasteiger partial charge in [0.05, 0.1) is 0 Å². The third-order valence-corrected chi connectivity index (χ3v) is 10.2. The molecule has 4 aromatic rings. The van der Waals surface area contributed by atoms with Crippen LogP contribution in [0, 0.1) is 12.1 Å². The van der Waals surface area contributed by atoms with Crippen LogP contribution in [0.1, 0.15) is 134 Å². The van der Waals surface area contributed by atoms with Gasteiger partial charge in [-0.15, -0.1) is 23.1 Å². The van der Waals surface area contributed by atoms with Gasteiger partial charge < -0.3 is 24.8 Å². The molecular formula is C49H60Cl2Zr-2. The summed E-state index contributed by atoms with van der Waals surface area (Å²) in [6, 6.07) is 32.8. The zero-order chi connectivity index (χ0) is 36.9. The molecular weight excluding hydrogens is 751 g/mol. The van der Waals surface area contributed by atoms with Crippen LogP contribution in [0.4, 0.5) is 0 Å². The van der Waals surface area contributed by atoms with E-state index in [2.05, 4.69) is 180 Å². The summed E-state index contributed by atoms with van der Waals surface area (Å²) in [6.45, 7) is 28.0. The molecule has 0 radical (unpaired) electrons. The maximum atomic E-state index is 3.90. The number of fused-ring (bicyclic) bond motifs is 3. The molecule has 6 rings (SSSR count). The van der Waals surface area contributed by atoms with Crippen LogP contribution in [-0.2, 0) is 65.2 Å². The molecule has 0 aromatic heterocycles. The van der Waals surface area contributed by atoms with Crippen molar-refractivity contribution in [1.82, 2.24) is 0 Å². The van der Waals surface area contributed by atoms with Crippen molar-refractivity contribution in [2.45, 2.75) is 130 Å². The van der Waals surface area contributed by atoms with Crippen LogP contribution in [0.5, 0.6) is 0 Å². The van der Waals surface area contributed by atoms with Crippen molar-refractivity contribution in [2.24, 2.45) is 0 Å². The molecule has 2 aliphatic carbocycles. The quantitative estimate of drug-likeness (QED) is 0.177. The molecule has 0 saturated heterocycles. The SMILES string of the molecule is CC(C)(C)c1[c-]c2c(cc1C(C)(C)C)-c1cc(C(C)(C)C)c(C(C)(C)C)cc1C2.[C-]1=CC=CC1.[Cl-].[Cl-].[Zr+2]=[C](Cc1ccccc1)Cc1ccccc1. The van der Waals surface area contributed by atoms with Crippen molar-refractivity contribution in [3.8, 4) is 11.1 Å². The fourth-order valence-corrected chi connectivity index (χ4v) is 7.72. The summed E-state index contributed by atoms with van der Waals surface area (Å²) in [6.07, 6.45) is 13.2. The Hall–Kier alpha value is -2.31. The van der Waals surface area contributed by atoms with Crippen molar-refractivity contribution in [1.29, 1.82) is 0 Å². The van der Waals surface area contributed by atoms with Gasteiger partial charge in [0, 0.05) is 0 Å². The average molecular weight is 811 g/mol. The number of hydrogen-bond acceptors (Lipinski definition) is 0. The van der Waals surface area contributed by atoms with Gasteiger partial charge in [-0.2, -0.15) is 23.8 Å². The number of allylic oxidation sites excluding steroid dienone is 4. The van der Waals surface area contributed by atoms with E-state index in [0.29, 0.717) is 0 Å². The molecule has 0 N–H and O–H groups in total. The molecule has 0 heterocycles. The van der Waals surface area contributed by atoms with Crippen LogP contribution in [0.3, 0.4) is 0 Å². The molecule has 0 nitrogen and oxygen atoms in total. The van der Waals surface area contributed by atoms with E-state index in [1.807, 2.05) is 12.2 Å². The zero-order valence-electron chi connectivity index (χ0n) is 33.8. The predicted octanol–water partition coefficient (Wildman–Crippen LogP) is 6.75. The van der Waals surface area contributed by atoms with E-state index in [1.165, 1.54) is 55.6 Å². The molecule has 3 heteroatoms. The third kappa shape index (κ3) is 12.6. The Morgan fingerprint density at radius 1 is 0.596 bits per heavy atom. The number of hydrogen-bond donors (Lipinski definition) is 0. The van der Waals surface area contributed by atoms with E-state index < -0.39 is 0 Å². The molecule has 4 aromatic carbocycles. The molecule has 0 amide bonds. The molecule has 0 unspecified atom stereocenters. The van der Waals surface area contributed by atoms with Crippen LogP contribution in [0.15, 0.2) is 97.1 Å². The second kappa shape index (κ2) is 18.8. The maximum absolute atomic E-state index is 3.90. The number of rotatable bonds is 4. The Labute approximate surface area is 345 Å². The van der Waals surface area contributed by atoms with Crippen LogP contribution in [0.2, 0.25) is 0 Å². The fourth-order valence-electron chi connectivity index (χ4n) is 6.71. The van der Waals surface area contributed by atoms with Gasteiger partial charge in [0.2, 0.25) is 0 Å². The fraction of sp³-hybridized carbons (Fsp3) is 0.408. The van der Waals surface area contributed by atoms with Crippen molar-refractivity contribution >= 4 is 3.21 Å². The summed E-state index contributed by atoms with van der Waals surface area (Å²) in [7, 11) is 0. The van der Waals surface area contributed by atoms with E-state index in [-0.39, 0.29) is 46.5 Å². The van der Waals surface area contributed by atoms with Crippen LogP contribution in [-0.4, -0.2) is 3.21 Å². The first-order chi connectivity index (χ1) is 23.2. The third-order valence-electron chi connectivity index (χ3n) is 9.34. The molecule has 0 aliphatic heterocycles. The normalized spacial score (nSPS) is 13.0. The van der Waals surface area contributed by atoms with Gasteiger partial charge in [0.25, 0.3) is 0 Å². The van der Waals surface area contributed by atoms with E-state index in [0.717, 1.165) is 25.7 Å². The Bertz CT molecular complexity index is 1680. The Morgan fingerprint density at radius 3 is 1.44 bits per heavy atom. The van der Waals surface area contributed by atoms with Crippen LogP contribution >= 0.6 is 0 Å². The van der Waals surface area contributed by atoms with Crippen molar-refractivity contribution in [2.75, 3.05) is 0 Å². The Balaban J connectivity index is 0.000000340. The molecule has 276 valence electrons. The minimum atomic E-state index is 0. The van der Waals surface area contributed by atoms with Crippen molar-refractivity contribution < 1.29 is 49.0 Å². The second-order valence-corrected chi connectivity index (χ2v) is 19.9. The van der Waals surface area contributed by atoms with Gasteiger partial charge in [-0.1, -0.05) is 106 Å². The predicted molar refractivity (Wildman–Crippen MR) is 215 cm³/mol. The summed E-state index contributed by atoms with van der Waals surface area (Å²) in [5.41, 5.74) is 14.8. The van der Waals surface area contributed by atoms with Gasteiger partial charge >= 0.3 is 112 Å². The molecule has 0 bridgehead atoms. The first-order valence-corrected chi connectivity index (χ1v) is 19.6. The van der Waals surface area contributed by atoms with Crippen molar-refractivity contribution in [3.63, 3.8) is 0 Å². The molecule has 0 atom stereocenters. The van der Waals surface area contributed by atoms with Gasteiger partial charge in [-0.05, 0) is 39.4 Å². The monoisotopic (exact) mass is 808 g/mol. The van der Waals surface area contributed by atoms with Gasteiger partial charge in [-0.3, -0.25) is 6.08 Å². The second-order valence-electron chi connectivity index (χ2n) is 18.1. The number of benzene rings is 4. The standard InChI is InChI=1S/C29H41.C15H14.C5H5.2ClH.Zr/c1-26(2,3)22-14-18-13-19-15-23(27(4,5)6)25(29(10,11)12)17-21(19)20(18)16-24(22)28(7,8)9;1-3-8-14(9-4-1)12-7-13-15-10-5-2-6-11-15;1-2-4-5-3-1;;;/h14,16-17H,13H2,1-12H3;1-6,8-11H,12-13H2;1-3H,4H2;2*1H;/q-1;;-1;;;+2/p-2.